The average molecular weight is 477 g/mol. The summed E-state index contributed by atoms with van der Waals surface area (Å²) in [5.41, 5.74) is 4.89. The lowest BCUT2D eigenvalue weighted by molar-refractivity contribution is 0.137. The van der Waals surface area contributed by atoms with Crippen LogP contribution in [0.25, 0.3) is 38.8 Å². The molecule has 1 saturated heterocycles. The van der Waals surface area contributed by atoms with Crippen LogP contribution in [0.4, 0.5) is 5.95 Å². The predicted molar refractivity (Wildman–Crippen MR) is 147 cm³/mol. The number of aromatic nitrogens is 4. The first-order valence-electron chi connectivity index (χ1n) is 12.8. The third kappa shape index (κ3) is 4.11. The number of pyridine rings is 1. The molecule has 6 nitrogen and oxygen atoms in total. The van der Waals surface area contributed by atoms with Gasteiger partial charge in [0, 0.05) is 42.9 Å². The van der Waals surface area contributed by atoms with E-state index < -0.39 is 0 Å². The van der Waals surface area contributed by atoms with Gasteiger partial charge >= 0.3 is 0 Å². The number of hydrogen-bond donors (Lipinski definition) is 1. The highest BCUT2D eigenvalue weighted by molar-refractivity contribution is 5.95. The number of likely N-dealkylation sites (tertiary alicyclic amines) is 1. The lowest BCUT2D eigenvalue weighted by Gasteiger charge is -2.43. The van der Waals surface area contributed by atoms with Crippen LogP contribution in [-0.4, -0.2) is 48.9 Å². The van der Waals surface area contributed by atoms with E-state index in [9.17, 15) is 0 Å². The Morgan fingerprint density at radius 1 is 0.944 bits per heavy atom. The highest BCUT2D eigenvalue weighted by Gasteiger charge is 2.33. The molecule has 1 aliphatic heterocycles. The average Bonchev–Trinajstić information content (AvgIpc) is 3.39. The van der Waals surface area contributed by atoms with Gasteiger partial charge in [-0.05, 0) is 74.7 Å². The normalized spacial score (nSPS) is 18.8. The van der Waals surface area contributed by atoms with Crippen molar-refractivity contribution in [1.82, 2.24) is 24.3 Å². The lowest BCUT2D eigenvalue weighted by Crippen LogP contribution is -2.53. The molecule has 182 valence electrons. The van der Waals surface area contributed by atoms with Crippen molar-refractivity contribution in [2.75, 3.05) is 18.4 Å². The first kappa shape index (κ1) is 22.7. The van der Waals surface area contributed by atoms with Gasteiger partial charge in [0.2, 0.25) is 5.95 Å². The zero-order valence-electron chi connectivity index (χ0n) is 21.1. The topological polar surface area (TPSA) is 58.3 Å². The second kappa shape index (κ2) is 9.03. The molecule has 0 saturated carbocycles. The maximum absolute atomic E-state index is 5.27. The molecule has 0 bridgehead atoms. The van der Waals surface area contributed by atoms with Gasteiger partial charge in [-0.2, -0.15) is 0 Å². The molecule has 5 aromatic rings. The van der Waals surface area contributed by atoms with Crippen LogP contribution in [0.3, 0.4) is 0 Å². The Morgan fingerprint density at radius 2 is 1.75 bits per heavy atom. The number of imidazole rings is 1. The third-order valence-corrected chi connectivity index (χ3v) is 7.41. The molecule has 0 aliphatic carbocycles. The second-order valence-electron chi connectivity index (χ2n) is 10.4. The molecular weight excluding hydrogens is 444 g/mol. The van der Waals surface area contributed by atoms with Gasteiger partial charge in [-0.1, -0.05) is 36.4 Å². The van der Waals surface area contributed by atoms with Gasteiger partial charge in [0.25, 0.3) is 0 Å². The number of nitrogens with zero attached hydrogens (tertiary/aromatic N) is 5. The molecule has 1 atom stereocenters. The molecule has 0 radical (unpaired) electrons. The highest BCUT2D eigenvalue weighted by Crippen LogP contribution is 2.37. The van der Waals surface area contributed by atoms with E-state index >= 15 is 0 Å². The fourth-order valence-electron chi connectivity index (χ4n) is 5.49. The van der Waals surface area contributed by atoms with Gasteiger partial charge in [0.15, 0.2) is 0 Å². The Bertz CT molecular complexity index is 1520. The quantitative estimate of drug-likeness (QED) is 0.323. The van der Waals surface area contributed by atoms with Gasteiger partial charge in [0.05, 0.1) is 16.8 Å². The van der Waals surface area contributed by atoms with Crippen molar-refractivity contribution in [2.24, 2.45) is 0 Å². The predicted octanol–water partition coefficient (Wildman–Crippen LogP) is 6.29. The molecule has 3 aromatic heterocycles. The smallest absolute Gasteiger partial charge is 0.209 e. The van der Waals surface area contributed by atoms with Gasteiger partial charge < -0.3 is 5.32 Å². The molecule has 1 aliphatic rings. The van der Waals surface area contributed by atoms with Crippen molar-refractivity contribution in [2.45, 2.75) is 45.2 Å². The van der Waals surface area contributed by atoms with Crippen molar-refractivity contribution < 1.29 is 0 Å². The lowest BCUT2D eigenvalue weighted by atomic mass is 9.90. The van der Waals surface area contributed by atoms with Crippen molar-refractivity contribution in [3.8, 4) is 22.4 Å². The number of fused-ring (bicyclic) bond motifs is 2. The van der Waals surface area contributed by atoms with Crippen LogP contribution < -0.4 is 5.32 Å². The van der Waals surface area contributed by atoms with Crippen LogP contribution in [0, 0.1) is 0 Å². The first-order valence-corrected chi connectivity index (χ1v) is 12.8. The van der Waals surface area contributed by atoms with E-state index in [1.807, 2.05) is 36.9 Å². The van der Waals surface area contributed by atoms with Gasteiger partial charge in [-0.15, -0.1) is 0 Å². The number of benzene rings is 2. The summed E-state index contributed by atoms with van der Waals surface area (Å²) in [4.78, 5) is 16.9. The first-order chi connectivity index (χ1) is 17.5. The minimum absolute atomic E-state index is 0.0767. The number of anilines is 1. The van der Waals surface area contributed by atoms with Crippen LogP contribution in [0.5, 0.6) is 0 Å². The van der Waals surface area contributed by atoms with E-state index in [-0.39, 0.29) is 5.54 Å². The van der Waals surface area contributed by atoms with E-state index in [0.29, 0.717) is 6.04 Å². The van der Waals surface area contributed by atoms with E-state index in [1.165, 1.54) is 17.2 Å². The number of nitrogens with one attached hydrogen (secondary N) is 1. The van der Waals surface area contributed by atoms with Crippen LogP contribution in [0.15, 0.2) is 79.4 Å². The molecule has 1 unspecified atom stereocenters. The van der Waals surface area contributed by atoms with E-state index in [1.54, 1.807) is 0 Å². The Hall–Kier alpha value is -3.77. The summed E-state index contributed by atoms with van der Waals surface area (Å²) in [5, 5.41) is 6.26. The highest BCUT2D eigenvalue weighted by atomic mass is 15.3. The van der Waals surface area contributed by atoms with E-state index in [4.69, 9.17) is 9.97 Å². The molecule has 0 spiro atoms. The monoisotopic (exact) mass is 476 g/mol. The number of piperidine rings is 1. The summed E-state index contributed by atoms with van der Waals surface area (Å²) in [6.07, 6.45) is 9.80. The summed E-state index contributed by atoms with van der Waals surface area (Å²) in [6.45, 7) is 9.00. The van der Waals surface area contributed by atoms with E-state index in [2.05, 4.69) is 82.8 Å². The summed E-state index contributed by atoms with van der Waals surface area (Å²) >= 11 is 0. The summed E-state index contributed by atoms with van der Waals surface area (Å²) in [7, 11) is 0. The zero-order chi connectivity index (χ0) is 24.7. The molecule has 6 rings (SSSR count). The number of rotatable bonds is 5. The maximum atomic E-state index is 5.27. The minimum Gasteiger partial charge on any atom is -0.349 e. The minimum atomic E-state index is -0.0767. The van der Waals surface area contributed by atoms with Crippen molar-refractivity contribution in [3.05, 3.63) is 79.4 Å². The molecule has 2 aromatic carbocycles. The fourth-order valence-corrected chi connectivity index (χ4v) is 5.49. The molecule has 1 N–H and O–H groups in total. The van der Waals surface area contributed by atoms with E-state index in [0.717, 1.165) is 53.5 Å². The summed E-state index contributed by atoms with van der Waals surface area (Å²) < 4.78 is 2.11. The van der Waals surface area contributed by atoms with Crippen LogP contribution in [-0.2, 0) is 0 Å². The van der Waals surface area contributed by atoms with Crippen molar-refractivity contribution in [3.63, 3.8) is 0 Å². The maximum Gasteiger partial charge on any atom is 0.209 e. The second-order valence-corrected chi connectivity index (χ2v) is 10.4. The standard InChI is InChI=1S/C30H32N6/c1-21(2)35-17-6-13-30(3,20-35)34-29-33-27(23-11-14-31-15-12-23)26(28-32-16-18-36(28)29)25-10-9-22-7-4-5-8-24(22)19-25/h4-5,7-12,14-16,18-19,21H,6,13,17,20H2,1-3H3,(H,33,34). The van der Waals surface area contributed by atoms with Crippen molar-refractivity contribution >= 4 is 22.4 Å². The summed E-state index contributed by atoms with van der Waals surface area (Å²) in [5.74, 6) is 0.826. The fraction of sp³-hybridized carbons (Fsp3) is 0.300. The van der Waals surface area contributed by atoms with Crippen LogP contribution >= 0.6 is 0 Å². The van der Waals surface area contributed by atoms with Crippen LogP contribution in [0.1, 0.15) is 33.6 Å². The Kier molecular flexibility index (Phi) is 5.69. The van der Waals surface area contributed by atoms with Gasteiger partial charge in [-0.3, -0.25) is 14.3 Å². The Labute approximate surface area is 212 Å². The molecule has 36 heavy (non-hydrogen) atoms. The third-order valence-electron chi connectivity index (χ3n) is 7.41. The van der Waals surface area contributed by atoms with Crippen molar-refractivity contribution in [1.29, 1.82) is 0 Å². The van der Waals surface area contributed by atoms with Gasteiger partial charge in [0.1, 0.15) is 5.65 Å². The molecule has 4 heterocycles. The molecule has 1 fully saturated rings. The van der Waals surface area contributed by atoms with Gasteiger partial charge in [-0.25, -0.2) is 9.97 Å². The summed E-state index contributed by atoms with van der Waals surface area (Å²) in [6, 6.07) is 19.6. The Balaban J connectivity index is 1.53. The Morgan fingerprint density at radius 3 is 2.56 bits per heavy atom. The van der Waals surface area contributed by atoms with Crippen LogP contribution in [0.2, 0.25) is 0 Å². The molecule has 6 heteroatoms. The number of hydrogen-bond acceptors (Lipinski definition) is 5. The largest absolute Gasteiger partial charge is 0.349 e. The molecule has 0 amide bonds. The molecular formula is C30H32N6. The zero-order valence-corrected chi connectivity index (χ0v) is 21.1. The SMILES string of the molecule is CC(C)N1CCCC(C)(Nc2nc(-c3ccncc3)c(-c3ccc4ccccc4c3)c3nccn23)C1.